The number of rotatable bonds is 8. The van der Waals surface area contributed by atoms with Crippen molar-refractivity contribution in [2.75, 3.05) is 19.5 Å². The molecule has 0 spiro atoms. The van der Waals surface area contributed by atoms with Gasteiger partial charge in [0.15, 0.2) is 11.5 Å². The second-order valence-electron chi connectivity index (χ2n) is 7.73. The molecule has 0 saturated carbocycles. The molecule has 0 unspecified atom stereocenters. The molecule has 1 N–H and O–H groups in total. The smallest absolute Gasteiger partial charge is 0.266 e. The van der Waals surface area contributed by atoms with Crippen molar-refractivity contribution in [1.82, 2.24) is 0 Å². The van der Waals surface area contributed by atoms with Crippen LogP contribution in [-0.2, 0) is 11.4 Å². The number of nitrogens with zero attached hydrogens (tertiary/aromatic N) is 1. The Morgan fingerprint density at radius 3 is 2.37 bits per heavy atom. The van der Waals surface area contributed by atoms with Crippen LogP contribution in [0.3, 0.4) is 0 Å². The first-order chi connectivity index (χ1) is 17.1. The molecule has 0 aliphatic rings. The van der Waals surface area contributed by atoms with Crippen molar-refractivity contribution in [2.24, 2.45) is 0 Å². The average molecular weight is 465 g/mol. The van der Waals surface area contributed by atoms with Crippen molar-refractivity contribution < 1.29 is 19.0 Å². The molecule has 0 fully saturated rings. The maximum atomic E-state index is 12.6. The Kier molecular flexibility index (Phi) is 7.29. The van der Waals surface area contributed by atoms with Crippen LogP contribution in [0, 0.1) is 11.3 Å². The predicted octanol–water partition coefficient (Wildman–Crippen LogP) is 5.98. The molecule has 35 heavy (non-hydrogen) atoms. The number of carbonyl (C=O) groups excluding carboxylic acids is 1. The molecular weight excluding hydrogens is 440 g/mol. The first kappa shape index (κ1) is 23.4. The van der Waals surface area contributed by atoms with E-state index in [0.717, 1.165) is 10.9 Å². The number of ether oxygens (including phenoxy) is 3. The van der Waals surface area contributed by atoms with E-state index < -0.39 is 5.91 Å². The van der Waals surface area contributed by atoms with Crippen LogP contribution in [0.2, 0.25) is 0 Å². The third kappa shape index (κ3) is 5.79. The fourth-order valence-electron chi connectivity index (χ4n) is 3.57. The van der Waals surface area contributed by atoms with E-state index in [0.29, 0.717) is 35.1 Å². The van der Waals surface area contributed by atoms with Gasteiger partial charge in [-0.05, 0) is 70.4 Å². The van der Waals surface area contributed by atoms with Crippen LogP contribution in [-0.4, -0.2) is 20.1 Å². The Morgan fingerprint density at radius 2 is 1.66 bits per heavy atom. The second-order valence-corrected chi connectivity index (χ2v) is 7.73. The lowest BCUT2D eigenvalue weighted by atomic mass is 10.1. The summed E-state index contributed by atoms with van der Waals surface area (Å²) in [6.07, 6.45) is 1.51. The first-order valence-corrected chi connectivity index (χ1v) is 11.0. The SMILES string of the molecule is COc1ccc(NC(=O)/C(C#N)=C\c2ccc(OCc3ccc4ccccc4c3)c(OC)c2)cc1. The van der Waals surface area contributed by atoms with Crippen molar-refractivity contribution >= 4 is 28.4 Å². The lowest BCUT2D eigenvalue weighted by Gasteiger charge is -2.12. The largest absolute Gasteiger partial charge is 0.497 e. The number of nitrogens with one attached hydrogen (secondary N) is 1. The van der Waals surface area contributed by atoms with Gasteiger partial charge in [-0.1, -0.05) is 42.5 Å². The van der Waals surface area contributed by atoms with E-state index in [1.165, 1.54) is 11.5 Å². The summed E-state index contributed by atoms with van der Waals surface area (Å²) in [4.78, 5) is 12.6. The van der Waals surface area contributed by atoms with Crippen molar-refractivity contribution in [3.8, 4) is 23.3 Å². The van der Waals surface area contributed by atoms with E-state index in [1.54, 1.807) is 56.7 Å². The normalized spacial score (nSPS) is 10.9. The Labute approximate surface area is 204 Å². The summed E-state index contributed by atoms with van der Waals surface area (Å²) in [5, 5.41) is 14.6. The molecule has 0 aliphatic carbocycles. The first-order valence-electron chi connectivity index (χ1n) is 11.0. The van der Waals surface area contributed by atoms with Gasteiger partial charge in [-0.3, -0.25) is 4.79 Å². The fourth-order valence-corrected chi connectivity index (χ4v) is 3.57. The molecule has 4 aromatic rings. The van der Waals surface area contributed by atoms with Gasteiger partial charge < -0.3 is 19.5 Å². The van der Waals surface area contributed by atoms with Crippen molar-refractivity contribution in [1.29, 1.82) is 5.26 Å². The highest BCUT2D eigenvalue weighted by atomic mass is 16.5. The Hall–Kier alpha value is -4.76. The zero-order valence-corrected chi connectivity index (χ0v) is 19.4. The van der Waals surface area contributed by atoms with E-state index >= 15 is 0 Å². The van der Waals surface area contributed by atoms with Crippen LogP contribution in [0.25, 0.3) is 16.8 Å². The van der Waals surface area contributed by atoms with Crippen LogP contribution in [0.4, 0.5) is 5.69 Å². The summed E-state index contributed by atoms with van der Waals surface area (Å²) >= 11 is 0. The van der Waals surface area contributed by atoms with Crippen LogP contribution in [0.1, 0.15) is 11.1 Å². The van der Waals surface area contributed by atoms with Gasteiger partial charge in [0.1, 0.15) is 24.0 Å². The van der Waals surface area contributed by atoms with E-state index in [9.17, 15) is 10.1 Å². The number of hydrogen-bond donors (Lipinski definition) is 1. The molecule has 0 saturated heterocycles. The molecule has 0 aromatic heterocycles. The number of anilines is 1. The third-order valence-corrected chi connectivity index (χ3v) is 5.42. The summed E-state index contributed by atoms with van der Waals surface area (Å²) in [7, 11) is 3.12. The molecule has 0 atom stereocenters. The van der Waals surface area contributed by atoms with Crippen molar-refractivity contribution in [2.45, 2.75) is 6.61 Å². The molecular formula is C29H24N2O4. The van der Waals surface area contributed by atoms with E-state index in [4.69, 9.17) is 14.2 Å². The highest BCUT2D eigenvalue weighted by molar-refractivity contribution is 6.09. The van der Waals surface area contributed by atoms with E-state index in [2.05, 4.69) is 29.6 Å². The number of nitriles is 1. The summed E-state index contributed by atoms with van der Waals surface area (Å²) in [6.45, 7) is 0.379. The topological polar surface area (TPSA) is 80.6 Å². The number of methoxy groups -OCH3 is 2. The summed E-state index contributed by atoms with van der Waals surface area (Å²) < 4.78 is 16.6. The summed E-state index contributed by atoms with van der Waals surface area (Å²) in [5.41, 5.74) is 2.21. The predicted molar refractivity (Wildman–Crippen MR) is 136 cm³/mol. The molecule has 4 rings (SSSR count). The molecule has 6 heteroatoms. The minimum absolute atomic E-state index is 0.0345. The molecule has 0 radical (unpaired) electrons. The van der Waals surface area contributed by atoms with Crippen molar-refractivity contribution in [3.63, 3.8) is 0 Å². The van der Waals surface area contributed by atoms with Gasteiger partial charge in [-0.2, -0.15) is 5.26 Å². The van der Waals surface area contributed by atoms with Gasteiger partial charge in [0.05, 0.1) is 14.2 Å². The van der Waals surface area contributed by atoms with Gasteiger partial charge in [-0.25, -0.2) is 0 Å². The quantitative estimate of drug-likeness (QED) is 0.256. The van der Waals surface area contributed by atoms with Gasteiger partial charge in [0.2, 0.25) is 0 Å². The molecule has 6 nitrogen and oxygen atoms in total. The number of amides is 1. The van der Waals surface area contributed by atoms with Gasteiger partial charge in [0.25, 0.3) is 5.91 Å². The molecule has 0 aliphatic heterocycles. The Bertz CT molecular complexity index is 1420. The van der Waals surface area contributed by atoms with Gasteiger partial charge in [0, 0.05) is 5.69 Å². The zero-order chi connectivity index (χ0) is 24.6. The summed E-state index contributed by atoms with van der Waals surface area (Å²) in [5.74, 6) is 1.24. The molecule has 0 heterocycles. The van der Waals surface area contributed by atoms with Gasteiger partial charge >= 0.3 is 0 Å². The van der Waals surface area contributed by atoms with Gasteiger partial charge in [-0.15, -0.1) is 0 Å². The Morgan fingerprint density at radius 1 is 0.886 bits per heavy atom. The minimum Gasteiger partial charge on any atom is -0.497 e. The lowest BCUT2D eigenvalue weighted by Crippen LogP contribution is -2.13. The van der Waals surface area contributed by atoms with E-state index in [1.807, 2.05) is 24.3 Å². The van der Waals surface area contributed by atoms with Crippen LogP contribution in [0.5, 0.6) is 17.2 Å². The molecule has 174 valence electrons. The summed E-state index contributed by atoms with van der Waals surface area (Å²) in [6, 6.07) is 28.5. The minimum atomic E-state index is -0.506. The molecule has 0 bridgehead atoms. The number of carbonyl (C=O) groups is 1. The molecule has 4 aromatic carbocycles. The van der Waals surface area contributed by atoms with Crippen LogP contribution >= 0.6 is 0 Å². The van der Waals surface area contributed by atoms with Crippen LogP contribution in [0.15, 0.2) is 90.5 Å². The third-order valence-electron chi connectivity index (χ3n) is 5.42. The number of hydrogen-bond acceptors (Lipinski definition) is 5. The monoisotopic (exact) mass is 464 g/mol. The van der Waals surface area contributed by atoms with E-state index in [-0.39, 0.29) is 5.57 Å². The average Bonchev–Trinajstić information content (AvgIpc) is 2.91. The van der Waals surface area contributed by atoms with Crippen molar-refractivity contribution in [3.05, 3.63) is 102 Å². The number of benzene rings is 4. The molecule has 1 amide bonds. The lowest BCUT2D eigenvalue weighted by molar-refractivity contribution is -0.112. The number of fused-ring (bicyclic) bond motifs is 1. The Balaban J connectivity index is 1.47. The highest BCUT2D eigenvalue weighted by Gasteiger charge is 2.12. The maximum absolute atomic E-state index is 12.6. The zero-order valence-electron chi connectivity index (χ0n) is 19.4. The maximum Gasteiger partial charge on any atom is 0.266 e. The van der Waals surface area contributed by atoms with Crippen LogP contribution < -0.4 is 19.5 Å². The fraction of sp³-hybridized carbons (Fsp3) is 0.103. The second kappa shape index (κ2) is 10.9. The highest BCUT2D eigenvalue weighted by Crippen LogP contribution is 2.30. The standard InChI is InChI=1S/C29H24N2O4/c1-33-26-12-10-25(11-13-26)31-29(32)24(18-30)15-20-8-14-27(28(17-20)34-2)35-19-21-7-9-22-5-3-4-6-23(22)16-21/h3-17H,19H2,1-2H3,(H,31,32)/b24-15-.